The predicted octanol–water partition coefficient (Wildman–Crippen LogP) is 2.08. The van der Waals surface area contributed by atoms with Crippen molar-refractivity contribution in [1.29, 1.82) is 0 Å². The van der Waals surface area contributed by atoms with Crippen LogP contribution in [0, 0.1) is 0 Å². The second-order valence-corrected chi connectivity index (χ2v) is 7.99. The topological polar surface area (TPSA) is 53.1 Å². The average Bonchev–Trinajstić information content (AvgIpc) is 3.35. The summed E-state index contributed by atoms with van der Waals surface area (Å²) in [5, 5.41) is 3.99. The zero-order valence-corrected chi connectivity index (χ0v) is 16.2. The molecule has 4 rings (SSSR count). The third kappa shape index (κ3) is 3.57. The van der Waals surface area contributed by atoms with Crippen molar-refractivity contribution in [1.82, 2.24) is 9.80 Å². The fourth-order valence-electron chi connectivity index (χ4n) is 3.87. The van der Waals surface area contributed by atoms with Crippen LogP contribution >= 0.6 is 11.3 Å². The number of likely N-dealkylation sites (N-methyl/N-ethyl adjacent to an activating group) is 1. The zero-order valence-electron chi connectivity index (χ0n) is 15.3. The summed E-state index contributed by atoms with van der Waals surface area (Å²) >= 11 is 1.59. The van der Waals surface area contributed by atoms with E-state index in [1.54, 1.807) is 11.3 Å². The van der Waals surface area contributed by atoms with E-state index in [0.717, 1.165) is 12.1 Å². The first kappa shape index (κ1) is 18.0. The second-order valence-electron chi connectivity index (χ2n) is 7.21. The fourth-order valence-corrected chi connectivity index (χ4v) is 4.51. The molecular weight excluding hydrogens is 362 g/mol. The average molecular weight is 385 g/mol. The first-order valence-corrected chi connectivity index (χ1v) is 10.0. The Morgan fingerprint density at radius 2 is 2.04 bits per heavy atom. The van der Waals surface area contributed by atoms with Crippen molar-refractivity contribution >= 4 is 28.8 Å². The van der Waals surface area contributed by atoms with Gasteiger partial charge in [0.1, 0.15) is 5.75 Å². The standard InChI is InChI=1S/C20H23N3O3S/c1-21-11-18(24)23(16-7-10-27-13-16)15-20(21)8-9-22(14-20)19(25)12-26-17-5-3-2-4-6-17/h2-7,10,13H,8-9,11-12,14-15H2,1H3. The summed E-state index contributed by atoms with van der Waals surface area (Å²) in [7, 11) is 1.98. The van der Waals surface area contributed by atoms with E-state index in [9.17, 15) is 9.59 Å². The molecule has 1 aromatic heterocycles. The summed E-state index contributed by atoms with van der Waals surface area (Å²) in [6.45, 7) is 2.33. The summed E-state index contributed by atoms with van der Waals surface area (Å²) < 4.78 is 5.61. The molecule has 0 aliphatic carbocycles. The molecule has 2 aliphatic heterocycles. The van der Waals surface area contributed by atoms with Gasteiger partial charge >= 0.3 is 0 Å². The summed E-state index contributed by atoms with van der Waals surface area (Å²) in [4.78, 5) is 31.0. The van der Waals surface area contributed by atoms with Crippen LogP contribution in [0.1, 0.15) is 6.42 Å². The lowest BCUT2D eigenvalue weighted by Crippen LogP contribution is -2.64. The highest BCUT2D eigenvalue weighted by Crippen LogP contribution is 2.34. The summed E-state index contributed by atoms with van der Waals surface area (Å²) in [6, 6.07) is 11.4. The molecule has 2 amide bonds. The monoisotopic (exact) mass is 385 g/mol. The Morgan fingerprint density at radius 3 is 2.78 bits per heavy atom. The SMILES string of the molecule is CN1CC(=O)N(c2ccsc2)CC12CCN(C(=O)COc1ccccc1)C2. The number of amides is 2. The molecule has 0 radical (unpaired) electrons. The van der Waals surface area contributed by atoms with E-state index in [0.29, 0.717) is 31.9 Å². The maximum atomic E-state index is 12.6. The van der Waals surface area contributed by atoms with Gasteiger partial charge in [-0.05, 0) is 37.0 Å². The van der Waals surface area contributed by atoms with Crippen LogP contribution in [0.2, 0.25) is 0 Å². The quantitative estimate of drug-likeness (QED) is 0.809. The van der Waals surface area contributed by atoms with Crippen LogP contribution in [-0.2, 0) is 9.59 Å². The maximum Gasteiger partial charge on any atom is 0.260 e. The van der Waals surface area contributed by atoms with E-state index in [1.807, 2.05) is 64.0 Å². The Balaban J connectivity index is 1.42. The van der Waals surface area contributed by atoms with Gasteiger partial charge in [0.05, 0.1) is 17.8 Å². The van der Waals surface area contributed by atoms with E-state index in [2.05, 4.69) is 4.90 Å². The Bertz CT molecular complexity index is 811. The van der Waals surface area contributed by atoms with Crippen LogP contribution in [0.4, 0.5) is 5.69 Å². The number of benzene rings is 1. The highest BCUT2D eigenvalue weighted by molar-refractivity contribution is 7.08. The lowest BCUT2D eigenvalue weighted by Gasteiger charge is -2.46. The lowest BCUT2D eigenvalue weighted by atomic mass is 9.93. The number of hydrogen-bond acceptors (Lipinski definition) is 5. The Labute approximate surface area is 162 Å². The van der Waals surface area contributed by atoms with Gasteiger partial charge in [0.25, 0.3) is 5.91 Å². The highest BCUT2D eigenvalue weighted by Gasteiger charge is 2.48. The van der Waals surface area contributed by atoms with E-state index in [-0.39, 0.29) is 24.0 Å². The van der Waals surface area contributed by atoms with Crippen LogP contribution in [0.3, 0.4) is 0 Å². The van der Waals surface area contributed by atoms with Gasteiger partial charge < -0.3 is 14.5 Å². The van der Waals surface area contributed by atoms with E-state index >= 15 is 0 Å². The maximum absolute atomic E-state index is 12.6. The van der Waals surface area contributed by atoms with Gasteiger partial charge in [0.15, 0.2) is 6.61 Å². The van der Waals surface area contributed by atoms with E-state index in [4.69, 9.17) is 4.74 Å². The van der Waals surface area contributed by atoms with Gasteiger partial charge in [-0.15, -0.1) is 0 Å². The number of ether oxygens (including phenoxy) is 1. The minimum Gasteiger partial charge on any atom is -0.484 e. The highest BCUT2D eigenvalue weighted by atomic mass is 32.1. The molecule has 7 heteroatoms. The van der Waals surface area contributed by atoms with Crippen molar-refractivity contribution in [3.8, 4) is 5.75 Å². The van der Waals surface area contributed by atoms with Crippen molar-refractivity contribution in [3.05, 3.63) is 47.2 Å². The number of hydrogen-bond donors (Lipinski definition) is 0. The Hall–Kier alpha value is -2.38. The molecule has 1 aromatic carbocycles. The first-order valence-electron chi connectivity index (χ1n) is 9.07. The van der Waals surface area contributed by atoms with Crippen LogP contribution in [0.15, 0.2) is 47.2 Å². The molecule has 142 valence electrons. The number of anilines is 1. The molecule has 1 atom stereocenters. The third-order valence-corrected chi connectivity index (χ3v) is 6.21. The number of thiophene rings is 1. The number of piperazine rings is 1. The summed E-state index contributed by atoms with van der Waals surface area (Å²) in [5.74, 6) is 0.797. The summed E-state index contributed by atoms with van der Waals surface area (Å²) in [5.41, 5.74) is 0.757. The molecule has 2 fully saturated rings. The molecule has 2 saturated heterocycles. The van der Waals surface area contributed by atoms with Gasteiger partial charge in [-0.25, -0.2) is 0 Å². The normalized spacial score (nSPS) is 23.2. The number of carbonyl (C=O) groups excluding carboxylic acids is 2. The van der Waals surface area contributed by atoms with Crippen molar-refractivity contribution in [2.24, 2.45) is 0 Å². The lowest BCUT2D eigenvalue weighted by molar-refractivity contribution is -0.133. The molecule has 3 heterocycles. The van der Waals surface area contributed by atoms with Crippen LogP contribution in [0.25, 0.3) is 0 Å². The number of para-hydroxylation sites is 1. The van der Waals surface area contributed by atoms with Crippen LogP contribution in [0.5, 0.6) is 5.75 Å². The molecule has 6 nitrogen and oxygen atoms in total. The fraction of sp³-hybridized carbons (Fsp3) is 0.400. The summed E-state index contributed by atoms with van der Waals surface area (Å²) in [6.07, 6.45) is 0.856. The van der Waals surface area contributed by atoms with Gasteiger partial charge in [-0.1, -0.05) is 18.2 Å². The molecule has 1 spiro atoms. The molecule has 1 unspecified atom stereocenters. The van der Waals surface area contributed by atoms with Crippen LogP contribution < -0.4 is 9.64 Å². The number of rotatable bonds is 4. The van der Waals surface area contributed by atoms with Gasteiger partial charge in [0.2, 0.25) is 5.91 Å². The Morgan fingerprint density at radius 1 is 1.22 bits per heavy atom. The Kier molecular flexibility index (Phi) is 4.88. The van der Waals surface area contributed by atoms with Crippen molar-refractivity contribution < 1.29 is 14.3 Å². The molecule has 2 aliphatic rings. The van der Waals surface area contributed by atoms with E-state index < -0.39 is 0 Å². The van der Waals surface area contributed by atoms with Crippen molar-refractivity contribution in [3.63, 3.8) is 0 Å². The molecule has 0 bridgehead atoms. The van der Waals surface area contributed by atoms with Gasteiger partial charge in [-0.3, -0.25) is 14.5 Å². The number of likely N-dealkylation sites (tertiary alicyclic amines) is 1. The zero-order chi connectivity index (χ0) is 18.9. The van der Waals surface area contributed by atoms with Crippen molar-refractivity contribution in [2.75, 3.05) is 44.7 Å². The third-order valence-electron chi connectivity index (χ3n) is 5.54. The minimum atomic E-state index is -0.196. The smallest absolute Gasteiger partial charge is 0.260 e. The second kappa shape index (κ2) is 7.32. The molecule has 0 N–H and O–H groups in total. The largest absolute Gasteiger partial charge is 0.484 e. The molecule has 0 saturated carbocycles. The van der Waals surface area contributed by atoms with E-state index in [1.165, 1.54) is 0 Å². The molecule has 27 heavy (non-hydrogen) atoms. The van der Waals surface area contributed by atoms with Gasteiger partial charge in [-0.2, -0.15) is 11.3 Å². The first-order chi connectivity index (χ1) is 13.1. The minimum absolute atomic E-state index is 0.0110. The van der Waals surface area contributed by atoms with Gasteiger partial charge in [0, 0.05) is 25.0 Å². The number of carbonyl (C=O) groups is 2. The van der Waals surface area contributed by atoms with Crippen molar-refractivity contribution in [2.45, 2.75) is 12.0 Å². The molecular formula is C20H23N3O3S. The number of nitrogens with zero attached hydrogens (tertiary/aromatic N) is 3. The molecule has 2 aromatic rings. The predicted molar refractivity (Wildman–Crippen MR) is 105 cm³/mol. The van der Waals surface area contributed by atoms with Crippen LogP contribution in [-0.4, -0.2) is 67.0 Å².